The predicted octanol–water partition coefficient (Wildman–Crippen LogP) is 4.41. The quantitative estimate of drug-likeness (QED) is 0.215. The Hall–Kier alpha value is -4.32. The molecule has 2 heterocycles. The van der Waals surface area contributed by atoms with Crippen molar-refractivity contribution in [3.8, 4) is 5.75 Å². The molecule has 11 heteroatoms. The van der Waals surface area contributed by atoms with Crippen molar-refractivity contribution in [3.05, 3.63) is 90.0 Å². The van der Waals surface area contributed by atoms with Crippen LogP contribution in [-0.4, -0.2) is 96.6 Å². The number of piperazine rings is 1. The van der Waals surface area contributed by atoms with Crippen LogP contribution in [0.15, 0.2) is 78.9 Å². The van der Waals surface area contributed by atoms with E-state index in [0.29, 0.717) is 34.3 Å². The molecule has 0 bridgehead atoms. The van der Waals surface area contributed by atoms with E-state index < -0.39 is 12.0 Å². The molecule has 2 saturated heterocycles. The third-order valence-electron chi connectivity index (χ3n) is 8.30. The van der Waals surface area contributed by atoms with Crippen LogP contribution in [0.4, 0.5) is 11.4 Å². The van der Waals surface area contributed by atoms with Crippen LogP contribution in [0.25, 0.3) is 0 Å². The first-order valence-electron chi connectivity index (χ1n) is 15.7. The summed E-state index contributed by atoms with van der Waals surface area (Å²) in [6.45, 7) is 8.32. The molecule has 3 aromatic rings. The highest BCUT2D eigenvalue weighted by Crippen LogP contribution is 2.28. The summed E-state index contributed by atoms with van der Waals surface area (Å²) in [6, 6.07) is 23.4. The minimum absolute atomic E-state index is 0.0550. The zero-order valence-corrected chi connectivity index (χ0v) is 27.2. The number of ether oxygens (including phenoxy) is 2. The second kappa shape index (κ2) is 15.8. The molecule has 2 aliphatic heterocycles. The van der Waals surface area contributed by atoms with E-state index in [1.165, 1.54) is 10.5 Å². The number of hydrogen-bond acceptors (Lipinski definition) is 8. The van der Waals surface area contributed by atoms with Crippen molar-refractivity contribution in [2.75, 3.05) is 63.2 Å². The lowest BCUT2D eigenvalue weighted by atomic mass is 10.1. The fourth-order valence-electron chi connectivity index (χ4n) is 5.83. The van der Waals surface area contributed by atoms with Gasteiger partial charge in [0, 0.05) is 45.0 Å². The van der Waals surface area contributed by atoms with Crippen molar-refractivity contribution in [1.82, 2.24) is 14.7 Å². The van der Waals surface area contributed by atoms with Crippen molar-refractivity contribution in [2.45, 2.75) is 32.4 Å². The molecule has 2 aliphatic rings. The van der Waals surface area contributed by atoms with Gasteiger partial charge >= 0.3 is 5.97 Å². The lowest BCUT2D eigenvalue weighted by molar-refractivity contribution is -0.124. The Balaban J connectivity index is 1.23. The van der Waals surface area contributed by atoms with Gasteiger partial charge in [0.05, 0.1) is 31.4 Å². The summed E-state index contributed by atoms with van der Waals surface area (Å²) in [6.07, 6.45) is 0.735. The van der Waals surface area contributed by atoms with Crippen LogP contribution in [0.1, 0.15) is 35.7 Å². The fourth-order valence-corrected chi connectivity index (χ4v) is 6.24. The number of hydrogen-bond donors (Lipinski definition) is 1. The Kier molecular flexibility index (Phi) is 11.4. The molecule has 0 spiro atoms. The SMILES string of the molecule is CCOC(=O)c1ccc(N2C(=O)[C@H](CC(=O)Nc3ccc(OC)cc3)N(CCCN3CCN(Cc4ccccc4)CC3)C2=S)cc1. The second-order valence-electron chi connectivity index (χ2n) is 11.4. The van der Waals surface area contributed by atoms with Gasteiger partial charge in [-0.1, -0.05) is 30.3 Å². The van der Waals surface area contributed by atoms with E-state index in [9.17, 15) is 14.4 Å². The number of nitrogens with one attached hydrogen (secondary N) is 1. The summed E-state index contributed by atoms with van der Waals surface area (Å²) in [5.74, 6) is -0.304. The maximum Gasteiger partial charge on any atom is 0.338 e. The van der Waals surface area contributed by atoms with Gasteiger partial charge < -0.3 is 24.6 Å². The normalized spacial score (nSPS) is 17.3. The molecule has 2 fully saturated rings. The minimum atomic E-state index is -0.752. The van der Waals surface area contributed by atoms with Gasteiger partial charge in [-0.25, -0.2) is 4.79 Å². The highest BCUT2D eigenvalue weighted by molar-refractivity contribution is 7.80. The molecular weight excluding hydrogens is 602 g/mol. The van der Waals surface area contributed by atoms with E-state index in [1.807, 2.05) is 11.0 Å². The first kappa shape index (κ1) is 33.1. The van der Waals surface area contributed by atoms with Crippen LogP contribution in [0.5, 0.6) is 5.75 Å². The van der Waals surface area contributed by atoms with Crippen LogP contribution >= 0.6 is 12.2 Å². The van der Waals surface area contributed by atoms with Gasteiger partial charge in [-0.05, 0) is 86.2 Å². The number of methoxy groups -OCH3 is 1. The molecule has 0 aromatic heterocycles. The number of thiocarbonyl (C=S) groups is 1. The van der Waals surface area contributed by atoms with E-state index in [4.69, 9.17) is 21.7 Å². The Morgan fingerprint density at radius 1 is 0.891 bits per heavy atom. The number of rotatable bonds is 13. The molecular formula is C35H41N5O5S. The van der Waals surface area contributed by atoms with Crippen molar-refractivity contribution >= 4 is 46.5 Å². The minimum Gasteiger partial charge on any atom is -0.497 e. The van der Waals surface area contributed by atoms with Crippen molar-refractivity contribution < 1.29 is 23.9 Å². The Bertz CT molecular complexity index is 1490. The summed E-state index contributed by atoms with van der Waals surface area (Å²) < 4.78 is 10.3. The number of amides is 2. The first-order valence-corrected chi connectivity index (χ1v) is 16.1. The summed E-state index contributed by atoms with van der Waals surface area (Å²) in [7, 11) is 1.58. The van der Waals surface area contributed by atoms with Gasteiger partial charge in [0.1, 0.15) is 11.8 Å². The molecule has 0 unspecified atom stereocenters. The number of carbonyl (C=O) groups excluding carboxylic acids is 3. The maximum atomic E-state index is 13.9. The van der Waals surface area contributed by atoms with Crippen molar-refractivity contribution in [2.24, 2.45) is 0 Å². The summed E-state index contributed by atoms with van der Waals surface area (Å²) >= 11 is 5.86. The Morgan fingerprint density at radius 2 is 1.57 bits per heavy atom. The molecule has 46 heavy (non-hydrogen) atoms. The molecule has 5 rings (SSSR count). The Morgan fingerprint density at radius 3 is 2.22 bits per heavy atom. The molecule has 0 radical (unpaired) electrons. The summed E-state index contributed by atoms with van der Waals surface area (Å²) in [5, 5.41) is 3.24. The van der Waals surface area contributed by atoms with Crippen LogP contribution in [0.3, 0.4) is 0 Å². The average molecular weight is 644 g/mol. The monoisotopic (exact) mass is 643 g/mol. The van der Waals surface area contributed by atoms with Crippen LogP contribution in [-0.2, 0) is 20.9 Å². The number of benzene rings is 3. The topological polar surface area (TPSA) is 94.7 Å². The van der Waals surface area contributed by atoms with Crippen LogP contribution in [0.2, 0.25) is 0 Å². The maximum absolute atomic E-state index is 13.9. The second-order valence-corrected chi connectivity index (χ2v) is 11.7. The molecule has 10 nitrogen and oxygen atoms in total. The number of anilines is 2. The average Bonchev–Trinajstić information content (AvgIpc) is 3.30. The van der Waals surface area contributed by atoms with Crippen LogP contribution < -0.4 is 15.0 Å². The van der Waals surface area contributed by atoms with Crippen molar-refractivity contribution in [1.29, 1.82) is 0 Å². The molecule has 242 valence electrons. The molecule has 1 atom stereocenters. The number of nitrogens with zero attached hydrogens (tertiary/aromatic N) is 4. The van der Waals surface area contributed by atoms with E-state index in [2.05, 4.69) is 39.4 Å². The molecule has 3 aromatic carbocycles. The lowest BCUT2D eigenvalue weighted by Gasteiger charge is -2.35. The predicted molar refractivity (Wildman–Crippen MR) is 182 cm³/mol. The first-order chi connectivity index (χ1) is 22.4. The highest BCUT2D eigenvalue weighted by atomic mass is 32.1. The van der Waals surface area contributed by atoms with Crippen molar-refractivity contribution in [3.63, 3.8) is 0 Å². The van der Waals surface area contributed by atoms with E-state index in [0.717, 1.165) is 45.7 Å². The van der Waals surface area contributed by atoms with E-state index >= 15 is 0 Å². The molecule has 1 N–H and O–H groups in total. The molecule has 0 saturated carbocycles. The summed E-state index contributed by atoms with van der Waals surface area (Å²) in [5.41, 5.74) is 2.87. The van der Waals surface area contributed by atoms with Gasteiger partial charge in [0.15, 0.2) is 5.11 Å². The van der Waals surface area contributed by atoms with Gasteiger partial charge in [0.25, 0.3) is 5.91 Å². The van der Waals surface area contributed by atoms with Gasteiger partial charge in [-0.3, -0.25) is 19.4 Å². The van der Waals surface area contributed by atoms with Crippen LogP contribution in [0, 0.1) is 0 Å². The Labute approximate surface area is 275 Å². The summed E-state index contributed by atoms with van der Waals surface area (Å²) in [4.78, 5) is 47.5. The lowest BCUT2D eigenvalue weighted by Crippen LogP contribution is -2.47. The highest BCUT2D eigenvalue weighted by Gasteiger charge is 2.44. The molecule has 0 aliphatic carbocycles. The third-order valence-corrected chi connectivity index (χ3v) is 8.71. The van der Waals surface area contributed by atoms with Gasteiger partial charge in [-0.2, -0.15) is 0 Å². The van der Waals surface area contributed by atoms with E-state index in [1.54, 1.807) is 62.6 Å². The number of carbonyl (C=O) groups is 3. The largest absolute Gasteiger partial charge is 0.497 e. The smallest absolute Gasteiger partial charge is 0.338 e. The number of esters is 1. The van der Waals surface area contributed by atoms with E-state index in [-0.39, 0.29) is 24.8 Å². The molecule has 2 amide bonds. The van der Waals surface area contributed by atoms with Gasteiger partial charge in [-0.15, -0.1) is 0 Å². The van der Waals surface area contributed by atoms with Gasteiger partial charge in [0.2, 0.25) is 5.91 Å². The fraction of sp³-hybridized carbons (Fsp3) is 0.371. The standard InChI is InChI=1S/C35H41N5O5S/c1-3-45-34(43)27-10-14-29(15-11-27)40-33(42)31(24-32(41)36-28-12-16-30(44-2)17-13-28)39(35(40)46)19-7-18-37-20-22-38(23-21-37)25-26-8-5-4-6-9-26/h4-6,8-17,31H,3,7,18-25H2,1-2H3,(H,36,41)/t31-/m0/s1. The zero-order valence-electron chi connectivity index (χ0n) is 26.4. The third kappa shape index (κ3) is 8.28. The zero-order chi connectivity index (χ0) is 32.5.